The standard InChI is InChI=1S/C27H27N3O4S/c1-20-18-27(29-34-20)30-35(32,33)25-16-13-23(14-17-25)28-26(22-10-6-3-7-11-22)19-24(31)15-12-21-8-4-2-5-9-21/h2-11,13-14,16-18,26,28H,12,15,19H2,1H3,(H,29,30). The van der Waals surface area contributed by atoms with E-state index in [4.69, 9.17) is 4.52 Å². The average Bonchev–Trinajstić information content (AvgIpc) is 3.27. The van der Waals surface area contributed by atoms with Crippen LogP contribution in [0.4, 0.5) is 11.5 Å². The van der Waals surface area contributed by atoms with Gasteiger partial charge in [0.15, 0.2) is 5.82 Å². The average molecular weight is 490 g/mol. The van der Waals surface area contributed by atoms with Crippen LogP contribution in [0.15, 0.2) is 100 Å². The van der Waals surface area contributed by atoms with Crippen LogP contribution in [0.3, 0.4) is 0 Å². The number of Topliss-reactive ketones (excluding diaryl/α,β-unsaturated/α-hetero) is 1. The van der Waals surface area contributed by atoms with Gasteiger partial charge in [0.2, 0.25) is 0 Å². The van der Waals surface area contributed by atoms with Gasteiger partial charge in [0.1, 0.15) is 11.5 Å². The number of carbonyl (C=O) groups is 1. The molecule has 0 aliphatic rings. The van der Waals surface area contributed by atoms with Crippen molar-refractivity contribution in [1.29, 1.82) is 0 Å². The Labute approximate surface area is 205 Å². The van der Waals surface area contributed by atoms with E-state index in [1.807, 2.05) is 60.7 Å². The summed E-state index contributed by atoms with van der Waals surface area (Å²) in [5.74, 6) is 0.789. The van der Waals surface area contributed by atoms with Gasteiger partial charge < -0.3 is 9.84 Å². The molecular weight excluding hydrogens is 462 g/mol. The Kier molecular flexibility index (Phi) is 7.62. The van der Waals surface area contributed by atoms with E-state index in [0.29, 0.717) is 30.7 Å². The van der Waals surface area contributed by atoms with Gasteiger partial charge in [0, 0.05) is 24.6 Å². The van der Waals surface area contributed by atoms with Gasteiger partial charge >= 0.3 is 0 Å². The highest BCUT2D eigenvalue weighted by molar-refractivity contribution is 7.92. The number of aryl methyl sites for hydroxylation is 2. The first-order chi connectivity index (χ1) is 16.9. The fraction of sp³-hybridized carbons (Fsp3) is 0.185. The molecule has 0 saturated carbocycles. The maximum atomic E-state index is 12.8. The van der Waals surface area contributed by atoms with Gasteiger partial charge in [-0.2, -0.15) is 0 Å². The van der Waals surface area contributed by atoms with E-state index in [1.165, 1.54) is 18.2 Å². The number of rotatable bonds is 11. The molecule has 1 unspecified atom stereocenters. The van der Waals surface area contributed by atoms with Crippen molar-refractivity contribution in [2.75, 3.05) is 10.0 Å². The number of nitrogens with one attached hydrogen (secondary N) is 2. The highest BCUT2D eigenvalue weighted by Gasteiger charge is 2.19. The zero-order valence-electron chi connectivity index (χ0n) is 19.3. The molecule has 0 fully saturated rings. The molecule has 0 spiro atoms. The topological polar surface area (TPSA) is 101 Å². The van der Waals surface area contributed by atoms with E-state index in [9.17, 15) is 13.2 Å². The van der Waals surface area contributed by atoms with E-state index in [-0.39, 0.29) is 22.5 Å². The minimum Gasteiger partial charge on any atom is -0.378 e. The molecule has 1 heterocycles. The molecule has 3 aromatic carbocycles. The van der Waals surface area contributed by atoms with Crippen molar-refractivity contribution < 1.29 is 17.7 Å². The van der Waals surface area contributed by atoms with Crippen LogP contribution in [-0.2, 0) is 21.2 Å². The van der Waals surface area contributed by atoms with E-state index >= 15 is 0 Å². The molecular formula is C27H27N3O4S. The number of anilines is 2. The number of sulfonamides is 1. The summed E-state index contributed by atoms with van der Waals surface area (Å²) in [6.07, 6.45) is 1.48. The van der Waals surface area contributed by atoms with Crippen molar-refractivity contribution in [3.05, 3.63) is 108 Å². The van der Waals surface area contributed by atoms with Crippen molar-refractivity contribution in [3.63, 3.8) is 0 Å². The van der Waals surface area contributed by atoms with Gasteiger partial charge in [-0.05, 0) is 48.7 Å². The predicted molar refractivity (Wildman–Crippen MR) is 136 cm³/mol. The lowest BCUT2D eigenvalue weighted by molar-refractivity contribution is -0.119. The second kappa shape index (κ2) is 11.0. The van der Waals surface area contributed by atoms with E-state index in [2.05, 4.69) is 15.2 Å². The van der Waals surface area contributed by atoms with Gasteiger partial charge in [0.25, 0.3) is 10.0 Å². The van der Waals surface area contributed by atoms with Crippen LogP contribution in [0.5, 0.6) is 0 Å². The predicted octanol–water partition coefficient (Wildman–Crippen LogP) is 5.53. The molecule has 0 radical (unpaired) electrons. The van der Waals surface area contributed by atoms with E-state index in [0.717, 1.165) is 11.1 Å². The molecule has 1 atom stereocenters. The summed E-state index contributed by atoms with van der Waals surface area (Å²) in [5, 5.41) is 7.06. The summed E-state index contributed by atoms with van der Waals surface area (Å²) < 4.78 is 32.6. The molecule has 0 aliphatic carbocycles. The van der Waals surface area contributed by atoms with E-state index in [1.54, 1.807) is 19.1 Å². The summed E-state index contributed by atoms with van der Waals surface area (Å²) in [6, 6.07) is 27.4. The normalized spacial score (nSPS) is 12.1. The van der Waals surface area contributed by atoms with Gasteiger partial charge in [-0.15, -0.1) is 0 Å². The number of hydrogen-bond acceptors (Lipinski definition) is 6. The fourth-order valence-electron chi connectivity index (χ4n) is 3.74. The van der Waals surface area contributed by atoms with Gasteiger partial charge in [-0.3, -0.25) is 9.52 Å². The lowest BCUT2D eigenvalue weighted by Crippen LogP contribution is -2.16. The van der Waals surface area contributed by atoms with Crippen molar-refractivity contribution in [3.8, 4) is 0 Å². The number of nitrogens with zero attached hydrogens (tertiary/aromatic N) is 1. The molecule has 1 aromatic heterocycles. The summed E-state index contributed by atoms with van der Waals surface area (Å²) in [6.45, 7) is 1.68. The Morgan fingerprint density at radius 1 is 0.943 bits per heavy atom. The van der Waals surface area contributed by atoms with Crippen LogP contribution in [0.2, 0.25) is 0 Å². The van der Waals surface area contributed by atoms with Gasteiger partial charge in [-0.1, -0.05) is 65.8 Å². The van der Waals surface area contributed by atoms with Crippen LogP contribution in [0, 0.1) is 6.92 Å². The Bertz CT molecular complexity index is 1350. The zero-order chi connectivity index (χ0) is 24.7. The SMILES string of the molecule is Cc1cc(NS(=O)(=O)c2ccc(NC(CC(=O)CCc3ccccc3)c3ccccc3)cc2)no1. The first-order valence-corrected chi connectivity index (χ1v) is 12.8. The first kappa shape index (κ1) is 24.2. The molecule has 7 nitrogen and oxygen atoms in total. The Hall–Kier alpha value is -3.91. The fourth-order valence-corrected chi connectivity index (χ4v) is 4.72. The molecule has 0 aliphatic heterocycles. The van der Waals surface area contributed by atoms with Gasteiger partial charge in [0.05, 0.1) is 10.9 Å². The van der Waals surface area contributed by atoms with Crippen LogP contribution < -0.4 is 10.0 Å². The number of hydrogen-bond donors (Lipinski definition) is 2. The molecule has 0 saturated heterocycles. The zero-order valence-corrected chi connectivity index (χ0v) is 20.2. The molecule has 4 rings (SSSR count). The minimum atomic E-state index is -3.80. The Balaban J connectivity index is 1.44. The number of aromatic nitrogens is 1. The molecule has 2 N–H and O–H groups in total. The molecule has 0 amide bonds. The van der Waals surface area contributed by atoms with Crippen LogP contribution in [0.1, 0.15) is 35.8 Å². The van der Waals surface area contributed by atoms with Crippen molar-refractivity contribution in [2.45, 2.75) is 37.1 Å². The molecule has 35 heavy (non-hydrogen) atoms. The molecule has 0 bridgehead atoms. The smallest absolute Gasteiger partial charge is 0.263 e. The summed E-state index contributed by atoms with van der Waals surface area (Å²) in [5.41, 5.74) is 2.84. The first-order valence-electron chi connectivity index (χ1n) is 11.3. The van der Waals surface area contributed by atoms with Crippen molar-refractivity contribution >= 4 is 27.3 Å². The summed E-state index contributed by atoms with van der Waals surface area (Å²) in [7, 11) is -3.80. The van der Waals surface area contributed by atoms with E-state index < -0.39 is 10.0 Å². The van der Waals surface area contributed by atoms with Crippen LogP contribution >= 0.6 is 0 Å². The lowest BCUT2D eigenvalue weighted by atomic mass is 9.98. The molecule has 4 aromatic rings. The van der Waals surface area contributed by atoms with Crippen molar-refractivity contribution in [2.24, 2.45) is 0 Å². The summed E-state index contributed by atoms with van der Waals surface area (Å²) in [4.78, 5) is 12.9. The number of carbonyl (C=O) groups excluding carboxylic acids is 1. The highest BCUT2D eigenvalue weighted by atomic mass is 32.2. The lowest BCUT2D eigenvalue weighted by Gasteiger charge is -2.20. The monoisotopic (exact) mass is 489 g/mol. The number of benzene rings is 3. The molecule has 8 heteroatoms. The molecule has 180 valence electrons. The van der Waals surface area contributed by atoms with Crippen LogP contribution in [-0.4, -0.2) is 19.4 Å². The second-order valence-electron chi connectivity index (χ2n) is 8.29. The largest absolute Gasteiger partial charge is 0.378 e. The summed E-state index contributed by atoms with van der Waals surface area (Å²) >= 11 is 0. The Morgan fingerprint density at radius 2 is 1.60 bits per heavy atom. The minimum absolute atomic E-state index is 0.0962. The van der Waals surface area contributed by atoms with Gasteiger partial charge in [-0.25, -0.2) is 8.42 Å². The maximum Gasteiger partial charge on any atom is 0.263 e. The third-order valence-electron chi connectivity index (χ3n) is 5.54. The second-order valence-corrected chi connectivity index (χ2v) is 9.97. The number of ketones is 1. The van der Waals surface area contributed by atoms with Crippen LogP contribution in [0.25, 0.3) is 0 Å². The quantitative estimate of drug-likeness (QED) is 0.287. The Morgan fingerprint density at radius 3 is 2.23 bits per heavy atom. The third-order valence-corrected chi connectivity index (χ3v) is 6.91. The van der Waals surface area contributed by atoms with Crippen molar-refractivity contribution in [1.82, 2.24) is 5.16 Å². The highest BCUT2D eigenvalue weighted by Crippen LogP contribution is 2.25. The maximum absolute atomic E-state index is 12.8. The third kappa shape index (κ3) is 6.80.